The summed E-state index contributed by atoms with van der Waals surface area (Å²) in [5, 5.41) is 5.08. The fraction of sp³-hybridized carbons (Fsp3) is 0.190. The molecular weight excluding hydrogens is 362 g/mol. The number of carbonyl (C=O) groups excluding carboxylic acids is 1. The summed E-state index contributed by atoms with van der Waals surface area (Å²) < 4.78 is 30.5. The van der Waals surface area contributed by atoms with Crippen LogP contribution in [0.4, 0.5) is 0 Å². The van der Waals surface area contributed by atoms with Gasteiger partial charge < -0.3 is 10.1 Å². The van der Waals surface area contributed by atoms with Crippen LogP contribution in [0.2, 0.25) is 0 Å². The molecule has 3 aromatic carbocycles. The zero-order valence-corrected chi connectivity index (χ0v) is 15.8. The second-order valence-corrected chi connectivity index (χ2v) is 8.08. The summed E-state index contributed by atoms with van der Waals surface area (Å²) in [6.07, 6.45) is 0. The molecular formula is C21H21NO4S. The number of hydrogen-bond donors (Lipinski definition) is 1. The summed E-state index contributed by atoms with van der Waals surface area (Å²) in [6.45, 7) is 2.85. The molecule has 0 atom stereocenters. The topological polar surface area (TPSA) is 72.5 Å². The first-order valence-electron chi connectivity index (χ1n) is 8.64. The van der Waals surface area contributed by atoms with E-state index >= 15 is 0 Å². The molecule has 0 amide bonds. The van der Waals surface area contributed by atoms with E-state index in [0.29, 0.717) is 19.7 Å². The van der Waals surface area contributed by atoms with E-state index in [4.69, 9.17) is 4.74 Å². The van der Waals surface area contributed by atoms with E-state index in [1.807, 2.05) is 24.3 Å². The highest BCUT2D eigenvalue weighted by Crippen LogP contribution is 2.26. The summed E-state index contributed by atoms with van der Waals surface area (Å²) in [7, 11) is -3.54. The van der Waals surface area contributed by atoms with Crippen LogP contribution >= 0.6 is 0 Å². The van der Waals surface area contributed by atoms with Crippen molar-refractivity contribution >= 4 is 26.6 Å². The molecule has 0 spiro atoms. The molecule has 3 rings (SSSR count). The smallest absolute Gasteiger partial charge is 0.302 e. The second kappa shape index (κ2) is 8.33. The molecule has 0 aliphatic rings. The number of fused-ring (bicyclic) bond motifs is 1. The number of hydrogen-bond acceptors (Lipinski definition) is 5. The van der Waals surface area contributed by atoms with Crippen LogP contribution in [0.5, 0.6) is 0 Å². The first-order valence-corrected chi connectivity index (χ1v) is 10.1. The molecule has 0 radical (unpaired) electrons. The standard InChI is InChI=1S/C21H21NO4S/c1-16(23)26-13-12-22-15-18-7-5-6-17-14-20(10-11-21(17)18)27(24,25)19-8-3-2-4-9-19/h2-11,14,22H,12-13,15H2,1H3. The molecule has 3 aromatic rings. The van der Waals surface area contributed by atoms with Crippen molar-refractivity contribution in [2.45, 2.75) is 23.3 Å². The number of esters is 1. The highest BCUT2D eigenvalue weighted by molar-refractivity contribution is 7.91. The first kappa shape index (κ1) is 19.1. The monoisotopic (exact) mass is 383 g/mol. The van der Waals surface area contributed by atoms with Crippen molar-refractivity contribution in [3.05, 3.63) is 72.3 Å². The van der Waals surface area contributed by atoms with Crippen LogP contribution in [-0.2, 0) is 25.9 Å². The molecule has 0 saturated carbocycles. The SMILES string of the molecule is CC(=O)OCCNCc1cccc2cc(S(=O)(=O)c3ccccc3)ccc12. The van der Waals surface area contributed by atoms with Gasteiger partial charge in [-0.1, -0.05) is 42.5 Å². The maximum atomic E-state index is 12.8. The maximum Gasteiger partial charge on any atom is 0.302 e. The molecule has 0 saturated heterocycles. The van der Waals surface area contributed by atoms with Gasteiger partial charge in [0.1, 0.15) is 6.61 Å². The van der Waals surface area contributed by atoms with E-state index in [-0.39, 0.29) is 15.8 Å². The van der Waals surface area contributed by atoms with Crippen molar-refractivity contribution in [1.29, 1.82) is 0 Å². The Morgan fingerprint density at radius 3 is 2.48 bits per heavy atom. The van der Waals surface area contributed by atoms with Gasteiger partial charge in [0.25, 0.3) is 0 Å². The van der Waals surface area contributed by atoms with Gasteiger partial charge in [-0.25, -0.2) is 8.42 Å². The number of rotatable bonds is 7. The minimum Gasteiger partial charge on any atom is -0.465 e. The Labute approximate surface area is 158 Å². The van der Waals surface area contributed by atoms with Crippen molar-refractivity contribution in [3.8, 4) is 0 Å². The lowest BCUT2D eigenvalue weighted by atomic mass is 10.0. The molecule has 0 heterocycles. The van der Waals surface area contributed by atoms with Crippen LogP contribution in [0.15, 0.2) is 76.5 Å². The van der Waals surface area contributed by atoms with Gasteiger partial charge in [-0.15, -0.1) is 0 Å². The molecule has 0 aliphatic heterocycles. The normalized spacial score (nSPS) is 11.4. The zero-order chi connectivity index (χ0) is 19.3. The van der Waals surface area contributed by atoms with Gasteiger partial charge in [0.15, 0.2) is 0 Å². The maximum absolute atomic E-state index is 12.8. The predicted octanol–water partition coefficient (Wildman–Crippen LogP) is 3.33. The van der Waals surface area contributed by atoms with Crippen LogP contribution in [0, 0.1) is 0 Å². The fourth-order valence-electron chi connectivity index (χ4n) is 2.88. The third kappa shape index (κ3) is 4.53. The van der Waals surface area contributed by atoms with Gasteiger partial charge in [0.2, 0.25) is 9.84 Å². The Balaban J connectivity index is 1.82. The van der Waals surface area contributed by atoms with Crippen molar-refractivity contribution in [2.24, 2.45) is 0 Å². The summed E-state index contributed by atoms with van der Waals surface area (Å²) in [4.78, 5) is 11.3. The zero-order valence-electron chi connectivity index (χ0n) is 15.0. The molecule has 0 fully saturated rings. The van der Waals surface area contributed by atoms with Gasteiger partial charge in [0.05, 0.1) is 9.79 Å². The lowest BCUT2D eigenvalue weighted by Crippen LogP contribution is -2.20. The van der Waals surface area contributed by atoms with Crippen molar-refractivity contribution in [1.82, 2.24) is 5.32 Å². The van der Waals surface area contributed by atoms with Crippen LogP contribution in [0.1, 0.15) is 12.5 Å². The molecule has 0 bridgehead atoms. The van der Waals surface area contributed by atoms with E-state index in [1.54, 1.807) is 42.5 Å². The number of carbonyl (C=O) groups is 1. The van der Waals surface area contributed by atoms with Crippen molar-refractivity contribution in [2.75, 3.05) is 13.2 Å². The largest absolute Gasteiger partial charge is 0.465 e. The van der Waals surface area contributed by atoms with Crippen molar-refractivity contribution < 1.29 is 17.9 Å². The Morgan fingerprint density at radius 2 is 1.74 bits per heavy atom. The lowest BCUT2D eigenvalue weighted by Gasteiger charge is -2.10. The summed E-state index contributed by atoms with van der Waals surface area (Å²) in [5.41, 5.74) is 1.05. The number of nitrogens with one attached hydrogen (secondary N) is 1. The third-order valence-electron chi connectivity index (χ3n) is 4.21. The van der Waals surface area contributed by atoms with Gasteiger partial charge >= 0.3 is 5.97 Å². The van der Waals surface area contributed by atoms with E-state index in [2.05, 4.69) is 5.32 Å². The molecule has 27 heavy (non-hydrogen) atoms. The average molecular weight is 383 g/mol. The minimum atomic E-state index is -3.54. The lowest BCUT2D eigenvalue weighted by molar-refractivity contribution is -0.140. The Kier molecular flexibility index (Phi) is 5.88. The highest BCUT2D eigenvalue weighted by Gasteiger charge is 2.17. The fourth-order valence-corrected chi connectivity index (χ4v) is 4.19. The molecule has 6 heteroatoms. The van der Waals surface area contributed by atoms with Gasteiger partial charge in [-0.2, -0.15) is 0 Å². The van der Waals surface area contributed by atoms with E-state index in [9.17, 15) is 13.2 Å². The summed E-state index contributed by atoms with van der Waals surface area (Å²) in [6, 6.07) is 19.4. The van der Waals surface area contributed by atoms with Gasteiger partial charge in [-0.3, -0.25) is 4.79 Å². The predicted molar refractivity (Wildman–Crippen MR) is 104 cm³/mol. The molecule has 0 unspecified atom stereocenters. The van der Waals surface area contributed by atoms with E-state index in [0.717, 1.165) is 16.3 Å². The summed E-state index contributed by atoms with van der Waals surface area (Å²) >= 11 is 0. The molecule has 5 nitrogen and oxygen atoms in total. The quantitative estimate of drug-likeness (QED) is 0.500. The van der Waals surface area contributed by atoms with Gasteiger partial charge in [-0.05, 0) is 40.6 Å². The molecule has 0 aromatic heterocycles. The Morgan fingerprint density at radius 1 is 0.963 bits per heavy atom. The minimum absolute atomic E-state index is 0.279. The van der Waals surface area contributed by atoms with Crippen LogP contribution in [0.3, 0.4) is 0 Å². The molecule has 1 N–H and O–H groups in total. The number of benzene rings is 3. The molecule has 140 valence electrons. The second-order valence-electron chi connectivity index (χ2n) is 6.13. The first-order chi connectivity index (χ1) is 13.0. The highest BCUT2D eigenvalue weighted by atomic mass is 32.2. The van der Waals surface area contributed by atoms with Gasteiger partial charge in [0, 0.05) is 20.0 Å². The number of sulfone groups is 1. The Bertz CT molecular complexity index is 1050. The summed E-state index contributed by atoms with van der Waals surface area (Å²) in [5.74, 6) is -0.297. The van der Waals surface area contributed by atoms with Crippen LogP contribution < -0.4 is 5.32 Å². The number of ether oxygens (including phenoxy) is 1. The van der Waals surface area contributed by atoms with E-state index < -0.39 is 9.84 Å². The van der Waals surface area contributed by atoms with Crippen molar-refractivity contribution in [3.63, 3.8) is 0 Å². The average Bonchev–Trinajstić information content (AvgIpc) is 2.68. The molecule has 0 aliphatic carbocycles. The van der Waals surface area contributed by atoms with E-state index in [1.165, 1.54) is 6.92 Å². The Hall–Kier alpha value is -2.70. The van der Waals surface area contributed by atoms with Crippen LogP contribution in [0.25, 0.3) is 10.8 Å². The van der Waals surface area contributed by atoms with Crippen LogP contribution in [-0.4, -0.2) is 27.5 Å². The third-order valence-corrected chi connectivity index (χ3v) is 5.97.